The minimum atomic E-state index is -0.430. The molecular formula is C10H14O2. The average molecular weight is 166 g/mol. The first-order chi connectivity index (χ1) is 5.57. The summed E-state index contributed by atoms with van der Waals surface area (Å²) in [5.74, 6) is -0.430. The molecule has 2 aliphatic rings. The molecule has 2 atom stereocenters. The van der Waals surface area contributed by atoms with Crippen LogP contribution in [0.25, 0.3) is 0 Å². The van der Waals surface area contributed by atoms with Crippen LogP contribution in [0.4, 0.5) is 0 Å². The quantitative estimate of drug-likeness (QED) is 0.548. The van der Waals surface area contributed by atoms with Gasteiger partial charge in [0.1, 0.15) is 12.2 Å². The molecule has 1 saturated heterocycles. The van der Waals surface area contributed by atoms with Crippen LogP contribution >= 0.6 is 0 Å². The van der Waals surface area contributed by atoms with Gasteiger partial charge in [-0.15, -0.1) is 0 Å². The van der Waals surface area contributed by atoms with Crippen LogP contribution in [0.15, 0.2) is 23.8 Å². The normalized spacial score (nSPS) is 37.8. The standard InChI is InChI=1S/C10H14O2/c1-7-4-5-8-9(6-7)12-10(2,3)11-8/h4-6,8-9H,1-3H3/t8-,9+/m0/s1. The van der Waals surface area contributed by atoms with Crippen molar-refractivity contribution in [3.05, 3.63) is 23.8 Å². The lowest BCUT2D eigenvalue weighted by Crippen LogP contribution is -2.20. The Morgan fingerprint density at radius 1 is 1.25 bits per heavy atom. The van der Waals surface area contributed by atoms with Crippen LogP contribution in [-0.4, -0.2) is 18.0 Å². The van der Waals surface area contributed by atoms with Crippen molar-refractivity contribution >= 4 is 0 Å². The van der Waals surface area contributed by atoms with Gasteiger partial charge in [0.2, 0.25) is 0 Å². The van der Waals surface area contributed by atoms with Crippen LogP contribution in [0.1, 0.15) is 20.8 Å². The van der Waals surface area contributed by atoms with Crippen molar-refractivity contribution in [2.24, 2.45) is 0 Å². The van der Waals surface area contributed by atoms with Gasteiger partial charge in [0.25, 0.3) is 0 Å². The molecule has 66 valence electrons. The zero-order valence-corrected chi connectivity index (χ0v) is 7.70. The van der Waals surface area contributed by atoms with Crippen LogP contribution in [0, 0.1) is 0 Å². The van der Waals surface area contributed by atoms with E-state index in [0.29, 0.717) is 0 Å². The Labute approximate surface area is 72.9 Å². The molecule has 0 radical (unpaired) electrons. The third-order valence-electron chi connectivity index (χ3n) is 2.14. The predicted octanol–water partition coefficient (Wildman–Crippen LogP) is 2.02. The Bertz CT molecular complexity index is 251. The SMILES string of the molecule is CC1=C[C@H]2OC(C)(C)O[C@H]2C=C1. The molecule has 0 aromatic heterocycles. The fraction of sp³-hybridized carbons (Fsp3) is 0.600. The summed E-state index contributed by atoms with van der Waals surface area (Å²) in [6.45, 7) is 5.96. The van der Waals surface area contributed by atoms with E-state index in [4.69, 9.17) is 9.47 Å². The monoisotopic (exact) mass is 166 g/mol. The number of allylic oxidation sites excluding steroid dienone is 2. The van der Waals surface area contributed by atoms with Crippen molar-refractivity contribution in [3.63, 3.8) is 0 Å². The van der Waals surface area contributed by atoms with E-state index in [1.54, 1.807) is 0 Å². The molecule has 2 heteroatoms. The first-order valence-electron chi connectivity index (χ1n) is 4.29. The summed E-state index contributed by atoms with van der Waals surface area (Å²) in [4.78, 5) is 0. The number of hydrogen-bond acceptors (Lipinski definition) is 2. The molecule has 2 rings (SSSR count). The fourth-order valence-electron chi connectivity index (χ4n) is 1.66. The third kappa shape index (κ3) is 1.32. The van der Waals surface area contributed by atoms with E-state index in [1.165, 1.54) is 5.57 Å². The summed E-state index contributed by atoms with van der Waals surface area (Å²) in [6.07, 6.45) is 6.48. The Morgan fingerprint density at radius 3 is 2.67 bits per heavy atom. The van der Waals surface area contributed by atoms with Crippen molar-refractivity contribution < 1.29 is 9.47 Å². The Morgan fingerprint density at radius 2 is 1.92 bits per heavy atom. The van der Waals surface area contributed by atoms with Crippen LogP contribution < -0.4 is 0 Å². The maximum atomic E-state index is 5.67. The third-order valence-corrected chi connectivity index (χ3v) is 2.14. The second-order valence-electron chi connectivity index (χ2n) is 3.83. The predicted molar refractivity (Wildman–Crippen MR) is 46.7 cm³/mol. The van der Waals surface area contributed by atoms with E-state index in [1.807, 2.05) is 13.8 Å². The molecular weight excluding hydrogens is 152 g/mol. The topological polar surface area (TPSA) is 18.5 Å². The van der Waals surface area contributed by atoms with Gasteiger partial charge in [0, 0.05) is 0 Å². The van der Waals surface area contributed by atoms with Crippen molar-refractivity contribution in [2.45, 2.75) is 38.8 Å². The first-order valence-corrected chi connectivity index (χ1v) is 4.29. The second-order valence-corrected chi connectivity index (χ2v) is 3.83. The van der Waals surface area contributed by atoms with Crippen molar-refractivity contribution in [1.82, 2.24) is 0 Å². The van der Waals surface area contributed by atoms with Gasteiger partial charge >= 0.3 is 0 Å². The number of fused-ring (bicyclic) bond motifs is 1. The highest BCUT2D eigenvalue weighted by molar-refractivity contribution is 5.26. The van der Waals surface area contributed by atoms with E-state index >= 15 is 0 Å². The lowest BCUT2D eigenvalue weighted by atomic mass is 10.0. The van der Waals surface area contributed by atoms with E-state index in [9.17, 15) is 0 Å². The number of rotatable bonds is 0. The Kier molecular flexibility index (Phi) is 1.63. The smallest absolute Gasteiger partial charge is 0.164 e. The fourth-order valence-corrected chi connectivity index (χ4v) is 1.66. The average Bonchev–Trinajstić information content (AvgIpc) is 2.21. The highest BCUT2D eigenvalue weighted by Crippen LogP contribution is 2.32. The summed E-state index contributed by atoms with van der Waals surface area (Å²) in [7, 11) is 0. The molecule has 0 unspecified atom stereocenters. The van der Waals surface area contributed by atoms with E-state index in [2.05, 4.69) is 25.2 Å². The van der Waals surface area contributed by atoms with Gasteiger partial charge in [-0.2, -0.15) is 0 Å². The lowest BCUT2D eigenvalue weighted by Gasteiger charge is -2.15. The molecule has 1 heterocycles. The summed E-state index contributed by atoms with van der Waals surface area (Å²) < 4.78 is 11.3. The zero-order valence-electron chi connectivity index (χ0n) is 7.70. The van der Waals surface area contributed by atoms with Gasteiger partial charge in [-0.05, 0) is 26.8 Å². The second kappa shape index (κ2) is 2.44. The van der Waals surface area contributed by atoms with E-state index in [-0.39, 0.29) is 12.2 Å². The van der Waals surface area contributed by atoms with Crippen LogP contribution in [0.5, 0.6) is 0 Å². The van der Waals surface area contributed by atoms with Gasteiger partial charge in [-0.3, -0.25) is 0 Å². The zero-order chi connectivity index (χ0) is 8.77. The largest absolute Gasteiger partial charge is 0.340 e. The molecule has 2 nitrogen and oxygen atoms in total. The molecule has 12 heavy (non-hydrogen) atoms. The molecule has 0 bridgehead atoms. The van der Waals surface area contributed by atoms with Gasteiger partial charge < -0.3 is 9.47 Å². The molecule has 0 saturated carbocycles. The molecule has 1 aliphatic heterocycles. The summed E-state index contributed by atoms with van der Waals surface area (Å²) in [6, 6.07) is 0. The minimum absolute atomic E-state index is 0.115. The van der Waals surface area contributed by atoms with E-state index in [0.717, 1.165) is 0 Å². The molecule has 0 amide bonds. The first kappa shape index (κ1) is 8.02. The van der Waals surface area contributed by atoms with Crippen molar-refractivity contribution in [3.8, 4) is 0 Å². The van der Waals surface area contributed by atoms with Gasteiger partial charge in [0.15, 0.2) is 5.79 Å². The lowest BCUT2D eigenvalue weighted by molar-refractivity contribution is -0.138. The van der Waals surface area contributed by atoms with Crippen LogP contribution in [-0.2, 0) is 9.47 Å². The molecule has 0 spiro atoms. The highest BCUT2D eigenvalue weighted by atomic mass is 16.7. The molecule has 0 aromatic rings. The van der Waals surface area contributed by atoms with Crippen molar-refractivity contribution in [2.75, 3.05) is 0 Å². The number of ether oxygens (including phenoxy) is 2. The van der Waals surface area contributed by atoms with Crippen molar-refractivity contribution in [1.29, 1.82) is 0 Å². The summed E-state index contributed by atoms with van der Waals surface area (Å²) in [5.41, 5.74) is 1.25. The summed E-state index contributed by atoms with van der Waals surface area (Å²) >= 11 is 0. The maximum absolute atomic E-state index is 5.67. The molecule has 0 aromatic carbocycles. The Balaban J connectivity index is 2.20. The summed E-state index contributed by atoms with van der Waals surface area (Å²) in [5, 5.41) is 0. The maximum Gasteiger partial charge on any atom is 0.164 e. The van der Waals surface area contributed by atoms with Crippen LogP contribution in [0.3, 0.4) is 0 Å². The molecule has 1 aliphatic carbocycles. The molecule has 1 fully saturated rings. The number of hydrogen-bond donors (Lipinski definition) is 0. The van der Waals surface area contributed by atoms with Gasteiger partial charge in [-0.25, -0.2) is 0 Å². The van der Waals surface area contributed by atoms with Gasteiger partial charge in [-0.1, -0.05) is 17.7 Å². The minimum Gasteiger partial charge on any atom is -0.340 e. The van der Waals surface area contributed by atoms with Gasteiger partial charge in [0.05, 0.1) is 0 Å². The van der Waals surface area contributed by atoms with E-state index < -0.39 is 5.79 Å². The highest BCUT2D eigenvalue weighted by Gasteiger charge is 2.39. The Hall–Kier alpha value is -0.600. The molecule has 0 N–H and O–H groups in total. The van der Waals surface area contributed by atoms with Crippen LogP contribution in [0.2, 0.25) is 0 Å².